The van der Waals surface area contributed by atoms with Crippen molar-refractivity contribution in [2.75, 3.05) is 27.4 Å². The van der Waals surface area contributed by atoms with Crippen LogP contribution in [0.3, 0.4) is 0 Å². The lowest BCUT2D eigenvalue weighted by Crippen LogP contribution is -2.06. The summed E-state index contributed by atoms with van der Waals surface area (Å²) in [6.45, 7) is 5.59. The molecule has 1 aromatic rings. The van der Waals surface area contributed by atoms with Crippen molar-refractivity contribution >= 4 is 5.71 Å². The van der Waals surface area contributed by atoms with E-state index in [0.29, 0.717) is 12.5 Å². The summed E-state index contributed by atoms with van der Waals surface area (Å²) in [6, 6.07) is 3.73. The van der Waals surface area contributed by atoms with Gasteiger partial charge in [-0.15, -0.1) is 0 Å². The van der Waals surface area contributed by atoms with Crippen molar-refractivity contribution in [1.29, 1.82) is 0 Å². The van der Waals surface area contributed by atoms with Gasteiger partial charge in [0.2, 0.25) is 0 Å². The maximum atomic E-state index is 5.64. The van der Waals surface area contributed by atoms with Gasteiger partial charge in [-0.3, -0.25) is 4.99 Å². The van der Waals surface area contributed by atoms with Gasteiger partial charge in [-0.05, 0) is 5.92 Å². The third-order valence-corrected chi connectivity index (χ3v) is 2.80. The summed E-state index contributed by atoms with van der Waals surface area (Å²) in [4.78, 5) is 4.60. The van der Waals surface area contributed by atoms with Gasteiger partial charge in [0.05, 0.1) is 25.5 Å². The van der Waals surface area contributed by atoms with E-state index in [1.807, 2.05) is 12.1 Å². The predicted octanol–water partition coefficient (Wildman–Crippen LogP) is 2.54. The highest BCUT2D eigenvalue weighted by atomic mass is 16.5. The van der Waals surface area contributed by atoms with Crippen molar-refractivity contribution in [1.82, 2.24) is 0 Å². The van der Waals surface area contributed by atoms with Crippen molar-refractivity contribution in [2.24, 2.45) is 10.9 Å². The number of benzene rings is 1. The Labute approximate surface area is 108 Å². The predicted molar refractivity (Wildman–Crippen MR) is 71.3 cm³/mol. The maximum absolute atomic E-state index is 5.64. The minimum atomic E-state index is 0.506. The molecule has 0 spiro atoms. The van der Waals surface area contributed by atoms with Crippen LogP contribution in [-0.2, 0) is 0 Å². The Morgan fingerprint density at radius 1 is 1.28 bits per heavy atom. The first kappa shape index (κ1) is 12.7. The van der Waals surface area contributed by atoms with Gasteiger partial charge in [-0.1, -0.05) is 13.8 Å². The Kier molecular flexibility index (Phi) is 3.75. The van der Waals surface area contributed by atoms with E-state index in [1.165, 1.54) is 0 Å². The molecule has 4 heteroatoms. The van der Waals surface area contributed by atoms with Crippen LogP contribution in [0.25, 0.3) is 0 Å². The molecule has 0 amide bonds. The quantitative estimate of drug-likeness (QED) is 0.823. The SMILES string of the molecule is COc1cc(OC)c2c(c1)OCC2=NCC(C)C. The van der Waals surface area contributed by atoms with Gasteiger partial charge in [-0.25, -0.2) is 0 Å². The number of hydrogen-bond donors (Lipinski definition) is 0. The molecule has 98 valence electrons. The first-order valence-electron chi connectivity index (χ1n) is 6.08. The van der Waals surface area contributed by atoms with E-state index < -0.39 is 0 Å². The van der Waals surface area contributed by atoms with Gasteiger partial charge >= 0.3 is 0 Å². The summed E-state index contributed by atoms with van der Waals surface area (Å²) in [5.74, 6) is 2.81. The highest BCUT2D eigenvalue weighted by Gasteiger charge is 2.25. The topological polar surface area (TPSA) is 40.0 Å². The minimum absolute atomic E-state index is 0.506. The standard InChI is InChI=1S/C14H19NO3/c1-9(2)7-15-11-8-18-13-6-10(16-3)5-12(17-4)14(11)13/h5-6,9H,7-8H2,1-4H3. The van der Waals surface area contributed by atoms with E-state index in [-0.39, 0.29) is 0 Å². The second-order valence-electron chi connectivity index (χ2n) is 4.67. The average molecular weight is 249 g/mol. The molecule has 4 nitrogen and oxygen atoms in total. The number of ether oxygens (including phenoxy) is 3. The third-order valence-electron chi connectivity index (χ3n) is 2.80. The van der Waals surface area contributed by atoms with Crippen molar-refractivity contribution in [2.45, 2.75) is 13.8 Å². The molecule has 0 unspecified atom stereocenters. The second kappa shape index (κ2) is 5.29. The van der Waals surface area contributed by atoms with E-state index >= 15 is 0 Å². The van der Waals surface area contributed by atoms with Crippen LogP contribution in [0.2, 0.25) is 0 Å². The maximum Gasteiger partial charge on any atom is 0.136 e. The molecule has 0 bridgehead atoms. The van der Waals surface area contributed by atoms with E-state index in [2.05, 4.69) is 18.8 Å². The molecule has 18 heavy (non-hydrogen) atoms. The highest BCUT2D eigenvalue weighted by Crippen LogP contribution is 2.38. The lowest BCUT2D eigenvalue weighted by Gasteiger charge is -2.09. The van der Waals surface area contributed by atoms with Crippen molar-refractivity contribution < 1.29 is 14.2 Å². The van der Waals surface area contributed by atoms with Crippen LogP contribution in [0, 0.1) is 5.92 Å². The van der Waals surface area contributed by atoms with Crippen LogP contribution in [0.5, 0.6) is 17.2 Å². The van der Waals surface area contributed by atoms with Crippen molar-refractivity contribution in [3.63, 3.8) is 0 Å². The second-order valence-corrected chi connectivity index (χ2v) is 4.67. The fourth-order valence-electron chi connectivity index (χ4n) is 1.88. The fraction of sp³-hybridized carbons (Fsp3) is 0.500. The zero-order valence-corrected chi connectivity index (χ0v) is 11.3. The number of hydrogen-bond acceptors (Lipinski definition) is 4. The van der Waals surface area contributed by atoms with Gasteiger partial charge in [0.15, 0.2) is 0 Å². The molecule has 0 atom stereocenters. The number of nitrogens with zero attached hydrogens (tertiary/aromatic N) is 1. The molecule has 2 rings (SSSR count). The first-order valence-corrected chi connectivity index (χ1v) is 6.08. The van der Waals surface area contributed by atoms with Crippen LogP contribution in [-0.4, -0.2) is 33.1 Å². The molecule has 0 saturated carbocycles. The number of methoxy groups -OCH3 is 2. The van der Waals surface area contributed by atoms with Gasteiger partial charge < -0.3 is 14.2 Å². The van der Waals surface area contributed by atoms with E-state index in [1.54, 1.807) is 14.2 Å². The number of rotatable bonds is 4. The van der Waals surface area contributed by atoms with Crippen molar-refractivity contribution in [3.05, 3.63) is 17.7 Å². The normalized spacial score (nSPS) is 15.7. The van der Waals surface area contributed by atoms with E-state index in [9.17, 15) is 0 Å². The van der Waals surface area contributed by atoms with E-state index in [0.717, 1.165) is 35.1 Å². The Balaban J connectivity index is 2.39. The largest absolute Gasteiger partial charge is 0.496 e. The zero-order chi connectivity index (χ0) is 13.1. The Hall–Kier alpha value is -1.71. The molecule has 1 aromatic carbocycles. The first-order chi connectivity index (χ1) is 8.65. The molecular weight excluding hydrogens is 230 g/mol. The Morgan fingerprint density at radius 3 is 2.67 bits per heavy atom. The Morgan fingerprint density at radius 2 is 2.06 bits per heavy atom. The summed E-state index contributed by atoms with van der Waals surface area (Å²) in [7, 11) is 3.28. The number of aliphatic imine (C=N–C) groups is 1. The molecular formula is C14H19NO3. The molecule has 0 saturated heterocycles. The summed E-state index contributed by atoms with van der Waals surface area (Å²) >= 11 is 0. The highest BCUT2D eigenvalue weighted by molar-refractivity contribution is 6.08. The van der Waals surface area contributed by atoms with E-state index in [4.69, 9.17) is 14.2 Å². The summed E-state index contributed by atoms with van der Waals surface area (Å²) < 4.78 is 16.2. The molecule has 1 aliphatic rings. The van der Waals surface area contributed by atoms with Gasteiger partial charge in [0.1, 0.15) is 23.9 Å². The molecule has 0 aromatic heterocycles. The fourth-order valence-corrected chi connectivity index (χ4v) is 1.88. The Bertz CT molecular complexity index is 466. The molecule has 0 radical (unpaired) electrons. The van der Waals surface area contributed by atoms with Gasteiger partial charge in [-0.2, -0.15) is 0 Å². The molecule has 0 aliphatic carbocycles. The summed E-state index contributed by atoms with van der Waals surface area (Å²) in [5.41, 5.74) is 1.91. The molecule has 1 aliphatic heterocycles. The smallest absolute Gasteiger partial charge is 0.136 e. The molecule has 0 fully saturated rings. The van der Waals surface area contributed by atoms with Crippen LogP contribution < -0.4 is 14.2 Å². The summed E-state index contributed by atoms with van der Waals surface area (Å²) in [6.07, 6.45) is 0. The third kappa shape index (κ3) is 2.42. The van der Waals surface area contributed by atoms with Crippen LogP contribution >= 0.6 is 0 Å². The molecule has 1 heterocycles. The average Bonchev–Trinajstić information content (AvgIpc) is 2.78. The molecule has 0 N–H and O–H groups in total. The monoisotopic (exact) mass is 249 g/mol. The van der Waals surface area contributed by atoms with Crippen LogP contribution in [0.15, 0.2) is 17.1 Å². The van der Waals surface area contributed by atoms with Crippen LogP contribution in [0.4, 0.5) is 0 Å². The number of fused-ring (bicyclic) bond motifs is 1. The lowest BCUT2D eigenvalue weighted by atomic mass is 10.1. The minimum Gasteiger partial charge on any atom is -0.496 e. The van der Waals surface area contributed by atoms with Crippen molar-refractivity contribution in [3.8, 4) is 17.2 Å². The van der Waals surface area contributed by atoms with Crippen LogP contribution in [0.1, 0.15) is 19.4 Å². The van der Waals surface area contributed by atoms with Gasteiger partial charge in [0, 0.05) is 18.7 Å². The summed E-state index contributed by atoms with van der Waals surface area (Å²) in [5, 5.41) is 0. The van der Waals surface area contributed by atoms with Gasteiger partial charge in [0.25, 0.3) is 0 Å². The zero-order valence-electron chi connectivity index (χ0n) is 11.3. The lowest BCUT2D eigenvalue weighted by molar-refractivity contribution is 0.372.